The molecule has 1 aromatic heterocycles. The Morgan fingerprint density at radius 2 is 2.03 bits per heavy atom. The molecule has 0 amide bonds. The van der Waals surface area contributed by atoms with E-state index in [-0.39, 0.29) is 11.2 Å². The fraction of sp³-hybridized carbons (Fsp3) is 0.318. The van der Waals surface area contributed by atoms with E-state index in [0.29, 0.717) is 13.1 Å². The zero-order valence-corrected chi connectivity index (χ0v) is 16.5. The van der Waals surface area contributed by atoms with Crippen LogP contribution in [0.4, 0.5) is 4.39 Å². The quantitative estimate of drug-likeness (QED) is 0.425. The highest BCUT2D eigenvalue weighted by Crippen LogP contribution is 2.48. The van der Waals surface area contributed by atoms with E-state index in [1.807, 2.05) is 37.3 Å². The molecule has 1 fully saturated rings. The number of aromatic amines is 1. The van der Waals surface area contributed by atoms with Crippen LogP contribution in [0.2, 0.25) is 0 Å². The van der Waals surface area contributed by atoms with Crippen molar-refractivity contribution in [3.63, 3.8) is 0 Å². The smallest absolute Gasteiger partial charge is 0.191 e. The average Bonchev–Trinajstić information content (AvgIpc) is 3.32. The number of nitrogens with zero attached hydrogens (tertiary/aromatic N) is 3. The highest BCUT2D eigenvalue weighted by molar-refractivity contribution is 5.80. The summed E-state index contributed by atoms with van der Waals surface area (Å²) >= 11 is 0. The molecule has 3 N–H and O–H groups in total. The summed E-state index contributed by atoms with van der Waals surface area (Å²) in [7, 11) is 0. The maximum absolute atomic E-state index is 14.2. The van der Waals surface area contributed by atoms with Gasteiger partial charge in [0.05, 0.1) is 6.54 Å². The van der Waals surface area contributed by atoms with Gasteiger partial charge in [0.25, 0.3) is 0 Å². The van der Waals surface area contributed by atoms with Crippen LogP contribution in [0.25, 0.3) is 11.4 Å². The van der Waals surface area contributed by atoms with Gasteiger partial charge in [-0.2, -0.15) is 5.10 Å². The number of aromatic nitrogens is 3. The van der Waals surface area contributed by atoms with Crippen LogP contribution in [0.5, 0.6) is 0 Å². The molecule has 4 rings (SSSR count). The maximum Gasteiger partial charge on any atom is 0.191 e. The zero-order valence-electron chi connectivity index (χ0n) is 16.5. The van der Waals surface area contributed by atoms with Gasteiger partial charge < -0.3 is 10.6 Å². The maximum atomic E-state index is 14.2. The van der Waals surface area contributed by atoms with Crippen LogP contribution in [0.15, 0.2) is 59.9 Å². The predicted octanol–water partition coefficient (Wildman–Crippen LogP) is 3.40. The van der Waals surface area contributed by atoms with Gasteiger partial charge >= 0.3 is 0 Å². The number of aliphatic imine (C=N–C) groups is 1. The molecule has 0 spiro atoms. The number of H-pyrrole nitrogens is 1. The van der Waals surface area contributed by atoms with Crippen molar-refractivity contribution in [3.8, 4) is 11.4 Å². The van der Waals surface area contributed by atoms with Gasteiger partial charge in [-0.25, -0.2) is 14.4 Å². The molecule has 2 aromatic carbocycles. The van der Waals surface area contributed by atoms with Gasteiger partial charge in [-0.15, -0.1) is 0 Å². The minimum absolute atomic E-state index is 0.127. The Labute approximate surface area is 169 Å². The molecule has 0 radical (unpaired) electrons. The molecule has 1 aliphatic carbocycles. The Balaban J connectivity index is 1.44. The molecular weight excluding hydrogens is 367 g/mol. The zero-order chi connectivity index (χ0) is 20.1. The van der Waals surface area contributed by atoms with E-state index >= 15 is 0 Å². The summed E-state index contributed by atoms with van der Waals surface area (Å²) in [5, 5.41) is 13.5. The highest BCUT2D eigenvalue weighted by Gasteiger charge is 2.45. The third-order valence-corrected chi connectivity index (χ3v) is 5.27. The molecule has 1 aliphatic rings. The Bertz CT molecular complexity index is 978. The summed E-state index contributed by atoms with van der Waals surface area (Å²) < 4.78 is 14.2. The number of rotatable bonds is 7. The Morgan fingerprint density at radius 3 is 2.76 bits per heavy atom. The Kier molecular flexibility index (Phi) is 5.55. The second kappa shape index (κ2) is 8.43. The van der Waals surface area contributed by atoms with Crippen molar-refractivity contribution in [2.24, 2.45) is 4.99 Å². The van der Waals surface area contributed by atoms with E-state index in [4.69, 9.17) is 4.99 Å². The lowest BCUT2D eigenvalue weighted by Gasteiger charge is -2.19. The monoisotopic (exact) mass is 392 g/mol. The summed E-state index contributed by atoms with van der Waals surface area (Å²) in [6.45, 7) is 3.99. The lowest BCUT2D eigenvalue weighted by atomic mass is 9.95. The second-order valence-corrected chi connectivity index (χ2v) is 7.34. The van der Waals surface area contributed by atoms with Gasteiger partial charge in [0.1, 0.15) is 12.1 Å². The van der Waals surface area contributed by atoms with Crippen LogP contribution in [0.3, 0.4) is 0 Å². The molecule has 150 valence electrons. The van der Waals surface area contributed by atoms with Crippen molar-refractivity contribution < 1.29 is 4.39 Å². The van der Waals surface area contributed by atoms with Gasteiger partial charge in [-0.3, -0.25) is 5.10 Å². The van der Waals surface area contributed by atoms with E-state index in [1.165, 1.54) is 12.4 Å². The first kappa shape index (κ1) is 19.1. The molecule has 6 nitrogen and oxygen atoms in total. The van der Waals surface area contributed by atoms with Gasteiger partial charge in [0.2, 0.25) is 0 Å². The van der Waals surface area contributed by atoms with Gasteiger partial charge in [0.15, 0.2) is 11.8 Å². The lowest BCUT2D eigenvalue weighted by Crippen LogP contribution is -2.41. The van der Waals surface area contributed by atoms with Crippen LogP contribution >= 0.6 is 0 Å². The van der Waals surface area contributed by atoms with Gasteiger partial charge in [-0.1, -0.05) is 36.4 Å². The first-order chi connectivity index (χ1) is 14.2. The van der Waals surface area contributed by atoms with E-state index < -0.39 is 0 Å². The summed E-state index contributed by atoms with van der Waals surface area (Å²) in [4.78, 5) is 8.90. The Morgan fingerprint density at radius 1 is 1.17 bits per heavy atom. The van der Waals surface area contributed by atoms with E-state index in [1.54, 1.807) is 6.07 Å². The first-order valence-electron chi connectivity index (χ1n) is 9.92. The first-order valence-corrected chi connectivity index (χ1v) is 9.92. The van der Waals surface area contributed by atoms with Crippen molar-refractivity contribution in [1.29, 1.82) is 0 Å². The van der Waals surface area contributed by atoms with Gasteiger partial charge in [0, 0.05) is 24.1 Å². The van der Waals surface area contributed by atoms with Gasteiger partial charge in [-0.05, 0) is 43.0 Å². The standard InChI is InChI=1S/C22H25FN6/c1-2-24-21(26-14-22(10-11-22)18-8-3-4-9-19(18)23)25-13-16-6-5-7-17(12-16)20-27-15-28-29-20/h3-9,12,15H,2,10-11,13-14H2,1H3,(H2,24,25,26)(H,27,28,29). The Hall–Kier alpha value is -3.22. The minimum Gasteiger partial charge on any atom is -0.357 e. The highest BCUT2D eigenvalue weighted by atomic mass is 19.1. The number of hydrogen-bond donors (Lipinski definition) is 3. The summed E-state index contributed by atoms with van der Waals surface area (Å²) in [5.41, 5.74) is 2.72. The molecule has 0 bridgehead atoms. The largest absolute Gasteiger partial charge is 0.357 e. The number of benzene rings is 2. The third kappa shape index (κ3) is 4.45. The van der Waals surface area contributed by atoms with Crippen LogP contribution in [-0.2, 0) is 12.0 Å². The normalized spacial score (nSPS) is 15.2. The van der Waals surface area contributed by atoms with Crippen molar-refractivity contribution in [2.45, 2.75) is 31.7 Å². The number of halogens is 1. The third-order valence-electron chi connectivity index (χ3n) is 5.27. The molecule has 7 heteroatoms. The predicted molar refractivity (Wildman–Crippen MR) is 112 cm³/mol. The van der Waals surface area contributed by atoms with Crippen LogP contribution < -0.4 is 10.6 Å². The summed E-state index contributed by atoms with van der Waals surface area (Å²) in [6, 6.07) is 15.1. The lowest BCUT2D eigenvalue weighted by molar-refractivity contribution is 0.559. The summed E-state index contributed by atoms with van der Waals surface area (Å²) in [6.07, 6.45) is 3.47. The van der Waals surface area contributed by atoms with Crippen LogP contribution in [0.1, 0.15) is 30.9 Å². The molecule has 0 unspecified atom stereocenters. The molecule has 0 aliphatic heterocycles. The topological polar surface area (TPSA) is 78.0 Å². The molecular formula is C22H25FN6. The summed E-state index contributed by atoms with van der Waals surface area (Å²) in [5.74, 6) is 1.35. The van der Waals surface area contributed by atoms with Crippen LogP contribution in [0, 0.1) is 5.82 Å². The fourth-order valence-corrected chi connectivity index (χ4v) is 3.51. The van der Waals surface area contributed by atoms with Crippen molar-refractivity contribution in [1.82, 2.24) is 25.8 Å². The van der Waals surface area contributed by atoms with Crippen molar-refractivity contribution >= 4 is 5.96 Å². The van der Waals surface area contributed by atoms with Crippen molar-refractivity contribution in [2.75, 3.05) is 13.1 Å². The molecule has 1 saturated carbocycles. The molecule has 0 atom stereocenters. The fourth-order valence-electron chi connectivity index (χ4n) is 3.51. The molecule has 1 heterocycles. The van der Waals surface area contributed by atoms with Crippen molar-refractivity contribution in [3.05, 3.63) is 71.8 Å². The van der Waals surface area contributed by atoms with E-state index in [0.717, 1.165) is 47.9 Å². The SMILES string of the molecule is CCNC(=NCc1cccc(-c2ncn[nH]2)c1)NCC1(c2ccccc2F)CC1. The van der Waals surface area contributed by atoms with E-state index in [9.17, 15) is 4.39 Å². The van der Waals surface area contributed by atoms with Crippen LogP contribution in [-0.4, -0.2) is 34.2 Å². The molecule has 3 aromatic rings. The second-order valence-electron chi connectivity index (χ2n) is 7.34. The number of nitrogens with one attached hydrogen (secondary N) is 3. The number of hydrogen-bond acceptors (Lipinski definition) is 3. The minimum atomic E-state index is -0.131. The molecule has 0 saturated heterocycles. The number of guanidine groups is 1. The van der Waals surface area contributed by atoms with E-state index in [2.05, 4.69) is 31.9 Å². The average molecular weight is 392 g/mol. The molecule has 29 heavy (non-hydrogen) atoms.